The van der Waals surface area contributed by atoms with Crippen molar-refractivity contribution in [2.24, 2.45) is 0 Å². The second-order valence-corrected chi connectivity index (χ2v) is 7.71. The number of methoxy groups -OCH3 is 1. The van der Waals surface area contributed by atoms with Gasteiger partial charge < -0.3 is 14.5 Å². The minimum atomic E-state index is -0.186. The molecule has 32 heavy (non-hydrogen) atoms. The molecule has 0 aliphatic heterocycles. The predicted molar refractivity (Wildman–Crippen MR) is 121 cm³/mol. The van der Waals surface area contributed by atoms with Gasteiger partial charge in [0.1, 0.15) is 17.3 Å². The van der Waals surface area contributed by atoms with E-state index in [2.05, 4.69) is 20.4 Å². The molecule has 0 saturated carbocycles. The standard InChI is InChI=1S/C24H25N5O3/c1-14-10-18(7-9-19(14)31-5)12-23(30)25-21-13-22(29-16(3)11-15(2)28-29)27-24(26-21)20-8-6-17(4)32-20/h6-11,13H,12H2,1-5H3,(H,25,26,27,30). The molecule has 3 aromatic heterocycles. The number of carbonyl (C=O) groups excluding carboxylic acids is 1. The highest BCUT2D eigenvalue weighted by molar-refractivity contribution is 5.91. The third-order valence-corrected chi connectivity index (χ3v) is 4.99. The van der Waals surface area contributed by atoms with Crippen molar-refractivity contribution in [2.45, 2.75) is 34.1 Å². The van der Waals surface area contributed by atoms with Gasteiger partial charge in [0.25, 0.3) is 0 Å². The van der Waals surface area contributed by atoms with Gasteiger partial charge in [0.15, 0.2) is 17.4 Å². The largest absolute Gasteiger partial charge is 0.496 e. The Morgan fingerprint density at radius 3 is 2.50 bits per heavy atom. The van der Waals surface area contributed by atoms with Crippen LogP contribution in [0.15, 0.2) is 46.9 Å². The quantitative estimate of drug-likeness (QED) is 0.488. The molecule has 4 rings (SSSR count). The van der Waals surface area contributed by atoms with E-state index in [4.69, 9.17) is 9.15 Å². The molecule has 0 unspecified atom stereocenters. The molecule has 0 bridgehead atoms. The van der Waals surface area contributed by atoms with Gasteiger partial charge in [-0.05, 0) is 63.1 Å². The second-order valence-electron chi connectivity index (χ2n) is 7.71. The van der Waals surface area contributed by atoms with E-state index in [9.17, 15) is 4.79 Å². The Hall–Kier alpha value is -3.94. The van der Waals surface area contributed by atoms with Crippen molar-refractivity contribution in [3.63, 3.8) is 0 Å². The third kappa shape index (κ3) is 4.54. The van der Waals surface area contributed by atoms with Crippen LogP contribution in [0.4, 0.5) is 5.82 Å². The molecule has 0 radical (unpaired) electrons. The zero-order valence-electron chi connectivity index (χ0n) is 18.8. The minimum absolute atomic E-state index is 0.186. The summed E-state index contributed by atoms with van der Waals surface area (Å²) in [6.45, 7) is 7.67. The molecule has 0 fully saturated rings. The number of rotatable bonds is 6. The molecule has 4 aromatic rings. The number of anilines is 1. The first-order valence-electron chi connectivity index (χ1n) is 10.3. The molecule has 8 heteroatoms. The SMILES string of the molecule is COc1ccc(CC(=O)Nc2cc(-n3nc(C)cc3C)nc(-c3ccc(C)o3)n2)cc1C. The molecule has 3 heterocycles. The number of furan rings is 1. The van der Waals surface area contributed by atoms with Crippen molar-refractivity contribution in [3.05, 3.63) is 70.7 Å². The predicted octanol–water partition coefficient (Wildman–Crippen LogP) is 4.35. The van der Waals surface area contributed by atoms with Crippen LogP contribution < -0.4 is 10.1 Å². The average molecular weight is 431 g/mol. The zero-order valence-corrected chi connectivity index (χ0v) is 18.8. The van der Waals surface area contributed by atoms with E-state index in [0.29, 0.717) is 23.2 Å². The maximum Gasteiger partial charge on any atom is 0.229 e. The highest BCUT2D eigenvalue weighted by atomic mass is 16.5. The molecule has 8 nitrogen and oxygen atoms in total. The first kappa shape index (κ1) is 21.3. The first-order chi connectivity index (χ1) is 15.3. The molecule has 0 saturated heterocycles. The molecule has 1 N–H and O–H groups in total. The Morgan fingerprint density at radius 2 is 1.88 bits per heavy atom. The normalized spacial score (nSPS) is 10.9. The van der Waals surface area contributed by atoms with Gasteiger partial charge >= 0.3 is 0 Å². The summed E-state index contributed by atoms with van der Waals surface area (Å²) in [4.78, 5) is 21.9. The van der Waals surface area contributed by atoms with E-state index in [1.54, 1.807) is 23.9 Å². The summed E-state index contributed by atoms with van der Waals surface area (Å²) >= 11 is 0. The van der Waals surface area contributed by atoms with Gasteiger partial charge in [0, 0.05) is 11.8 Å². The number of ether oxygens (including phenoxy) is 1. The number of carbonyl (C=O) groups is 1. The zero-order chi connectivity index (χ0) is 22.8. The van der Waals surface area contributed by atoms with Crippen LogP contribution in [0.2, 0.25) is 0 Å². The van der Waals surface area contributed by atoms with Gasteiger partial charge in [0.2, 0.25) is 5.91 Å². The fraction of sp³-hybridized carbons (Fsp3) is 0.250. The van der Waals surface area contributed by atoms with Gasteiger partial charge in [0.05, 0.1) is 19.2 Å². The number of hydrogen-bond acceptors (Lipinski definition) is 6. The number of hydrogen-bond donors (Lipinski definition) is 1. The van der Waals surface area contributed by atoms with Crippen LogP contribution in [0.5, 0.6) is 5.75 Å². The van der Waals surface area contributed by atoms with Gasteiger partial charge in [-0.25, -0.2) is 14.6 Å². The number of nitrogens with one attached hydrogen (secondary N) is 1. The van der Waals surface area contributed by atoms with E-state index in [0.717, 1.165) is 34.0 Å². The summed E-state index contributed by atoms with van der Waals surface area (Å²) < 4.78 is 12.7. The Bertz CT molecular complexity index is 1290. The van der Waals surface area contributed by atoms with Crippen LogP contribution >= 0.6 is 0 Å². The minimum Gasteiger partial charge on any atom is -0.496 e. The lowest BCUT2D eigenvalue weighted by molar-refractivity contribution is -0.115. The van der Waals surface area contributed by atoms with E-state index < -0.39 is 0 Å². The molecule has 1 amide bonds. The van der Waals surface area contributed by atoms with Crippen LogP contribution in [-0.4, -0.2) is 32.8 Å². The number of aryl methyl sites for hydroxylation is 4. The van der Waals surface area contributed by atoms with Crippen molar-refractivity contribution in [1.29, 1.82) is 0 Å². The number of amides is 1. The third-order valence-electron chi connectivity index (χ3n) is 4.99. The lowest BCUT2D eigenvalue weighted by Crippen LogP contribution is -2.17. The van der Waals surface area contributed by atoms with Crippen LogP contribution in [0.25, 0.3) is 17.4 Å². The van der Waals surface area contributed by atoms with Crippen LogP contribution in [0.1, 0.15) is 28.3 Å². The summed E-state index contributed by atoms with van der Waals surface area (Å²) in [6, 6.07) is 13.0. The Balaban J connectivity index is 1.65. The monoisotopic (exact) mass is 431 g/mol. The van der Waals surface area contributed by atoms with Crippen LogP contribution in [0, 0.1) is 27.7 Å². The van der Waals surface area contributed by atoms with Gasteiger partial charge in [-0.1, -0.05) is 12.1 Å². The van der Waals surface area contributed by atoms with Crippen molar-refractivity contribution in [1.82, 2.24) is 19.7 Å². The highest BCUT2D eigenvalue weighted by Crippen LogP contribution is 2.23. The lowest BCUT2D eigenvalue weighted by atomic mass is 10.1. The summed E-state index contributed by atoms with van der Waals surface area (Å²) in [7, 11) is 1.63. The first-order valence-corrected chi connectivity index (χ1v) is 10.3. The van der Waals surface area contributed by atoms with Gasteiger partial charge in [-0.3, -0.25) is 4.79 Å². The van der Waals surface area contributed by atoms with Crippen molar-refractivity contribution in [2.75, 3.05) is 12.4 Å². The number of benzene rings is 1. The lowest BCUT2D eigenvalue weighted by Gasteiger charge is -2.11. The van der Waals surface area contributed by atoms with Gasteiger partial charge in [-0.15, -0.1) is 0 Å². The van der Waals surface area contributed by atoms with E-state index in [1.807, 2.05) is 58.0 Å². The van der Waals surface area contributed by atoms with Crippen LogP contribution in [0.3, 0.4) is 0 Å². The average Bonchev–Trinajstić information content (AvgIpc) is 3.32. The van der Waals surface area contributed by atoms with E-state index >= 15 is 0 Å². The topological polar surface area (TPSA) is 95.1 Å². The summed E-state index contributed by atoms with van der Waals surface area (Å²) in [5.41, 5.74) is 3.66. The maximum atomic E-state index is 12.8. The van der Waals surface area contributed by atoms with Crippen molar-refractivity contribution < 1.29 is 13.9 Å². The Labute approximate surface area is 186 Å². The number of nitrogens with zero attached hydrogens (tertiary/aromatic N) is 4. The molecule has 0 aliphatic carbocycles. The summed E-state index contributed by atoms with van der Waals surface area (Å²) in [5, 5.41) is 7.39. The van der Waals surface area contributed by atoms with Crippen molar-refractivity contribution in [3.8, 4) is 23.2 Å². The molecular weight excluding hydrogens is 406 g/mol. The number of aromatic nitrogens is 4. The maximum absolute atomic E-state index is 12.8. The van der Waals surface area contributed by atoms with Crippen molar-refractivity contribution >= 4 is 11.7 Å². The molecule has 1 aromatic carbocycles. The van der Waals surface area contributed by atoms with Crippen LogP contribution in [-0.2, 0) is 11.2 Å². The Kier molecular flexibility index (Phi) is 5.77. The van der Waals surface area contributed by atoms with E-state index in [1.165, 1.54) is 0 Å². The molecule has 0 atom stereocenters. The molecular formula is C24H25N5O3. The molecule has 0 aliphatic rings. The smallest absolute Gasteiger partial charge is 0.229 e. The fourth-order valence-corrected chi connectivity index (χ4v) is 3.56. The van der Waals surface area contributed by atoms with E-state index in [-0.39, 0.29) is 12.3 Å². The summed E-state index contributed by atoms with van der Waals surface area (Å²) in [5.74, 6) is 3.17. The fourth-order valence-electron chi connectivity index (χ4n) is 3.56. The Morgan fingerprint density at radius 1 is 1.06 bits per heavy atom. The highest BCUT2D eigenvalue weighted by Gasteiger charge is 2.15. The molecule has 0 spiro atoms. The second kappa shape index (κ2) is 8.66. The van der Waals surface area contributed by atoms with Gasteiger partial charge in [-0.2, -0.15) is 5.10 Å². The summed E-state index contributed by atoms with van der Waals surface area (Å²) in [6.07, 6.45) is 0.208. The molecule has 164 valence electrons.